The van der Waals surface area contributed by atoms with Gasteiger partial charge in [-0.1, -0.05) is 13.8 Å². The molecule has 0 aromatic carbocycles. The molecule has 21 heavy (non-hydrogen) atoms. The van der Waals surface area contributed by atoms with Crippen molar-refractivity contribution in [1.29, 1.82) is 5.26 Å². The highest BCUT2D eigenvalue weighted by atomic mass is 16.4. The molecule has 0 aromatic rings. The molecular weight excluding hydrogens is 270 g/mol. The summed E-state index contributed by atoms with van der Waals surface area (Å²) in [5.74, 6) is -1.11. The van der Waals surface area contributed by atoms with E-state index >= 15 is 0 Å². The Labute approximate surface area is 126 Å². The van der Waals surface area contributed by atoms with Gasteiger partial charge in [-0.15, -0.1) is 0 Å². The molecule has 1 aliphatic rings. The lowest BCUT2D eigenvalue weighted by Crippen LogP contribution is -2.50. The normalized spacial score (nSPS) is 19.1. The number of carboxylic acid groups (broad SMARTS) is 1. The third-order valence-corrected chi connectivity index (χ3v) is 4.55. The smallest absolute Gasteiger partial charge is 0.310 e. The molecule has 1 atom stereocenters. The van der Waals surface area contributed by atoms with Gasteiger partial charge in [-0.05, 0) is 12.8 Å². The summed E-state index contributed by atoms with van der Waals surface area (Å²) in [6.45, 7) is 8.76. The van der Waals surface area contributed by atoms with E-state index in [4.69, 9.17) is 5.26 Å². The van der Waals surface area contributed by atoms with Crippen molar-refractivity contribution in [3.63, 3.8) is 0 Å². The Morgan fingerprint density at radius 1 is 1.29 bits per heavy atom. The van der Waals surface area contributed by atoms with Crippen molar-refractivity contribution in [2.45, 2.75) is 33.6 Å². The zero-order chi connectivity index (χ0) is 16.0. The summed E-state index contributed by atoms with van der Waals surface area (Å²) in [5.41, 5.74) is -1.02. The standard InChI is InChI=1S/C15H25N3O3/c1-12(2)15(3,14(20)21)11-13(19)18-9-7-17(8-10-18)6-4-5-16/h12H,4,6-11H2,1-3H3,(H,20,21). The molecule has 0 radical (unpaired) electrons. The van der Waals surface area contributed by atoms with Crippen molar-refractivity contribution in [3.05, 3.63) is 0 Å². The average Bonchev–Trinajstić information content (AvgIpc) is 2.45. The molecule has 1 unspecified atom stereocenters. The number of nitriles is 1. The average molecular weight is 295 g/mol. The number of nitrogens with zero attached hydrogens (tertiary/aromatic N) is 3. The maximum absolute atomic E-state index is 12.3. The lowest BCUT2D eigenvalue weighted by atomic mass is 9.76. The van der Waals surface area contributed by atoms with E-state index in [0.717, 1.165) is 19.6 Å². The fourth-order valence-electron chi connectivity index (χ4n) is 2.38. The minimum Gasteiger partial charge on any atom is -0.481 e. The van der Waals surface area contributed by atoms with Gasteiger partial charge in [0, 0.05) is 45.6 Å². The van der Waals surface area contributed by atoms with Gasteiger partial charge in [-0.2, -0.15) is 5.26 Å². The maximum Gasteiger partial charge on any atom is 0.310 e. The van der Waals surface area contributed by atoms with E-state index in [2.05, 4.69) is 11.0 Å². The van der Waals surface area contributed by atoms with E-state index in [9.17, 15) is 14.7 Å². The van der Waals surface area contributed by atoms with Crippen molar-refractivity contribution >= 4 is 11.9 Å². The summed E-state index contributed by atoms with van der Waals surface area (Å²) in [5, 5.41) is 18.0. The molecule has 1 amide bonds. The summed E-state index contributed by atoms with van der Waals surface area (Å²) >= 11 is 0. The number of amides is 1. The fourth-order valence-corrected chi connectivity index (χ4v) is 2.38. The number of carbonyl (C=O) groups excluding carboxylic acids is 1. The number of aliphatic carboxylic acids is 1. The van der Waals surface area contributed by atoms with E-state index in [1.165, 1.54) is 0 Å². The molecule has 1 N–H and O–H groups in total. The Balaban J connectivity index is 2.54. The minimum absolute atomic E-state index is 0.0399. The van der Waals surface area contributed by atoms with E-state index in [1.54, 1.807) is 11.8 Å². The first-order valence-electron chi connectivity index (χ1n) is 7.41. The van der Waals surface area contributed by atoms with Crippen LogP contribution in [0.2, 0.25) is 0 Å². The Hall–Kier alpha value is -1.61. The summed E-state index contributed by atoms with van der Waals surface area (Å²) in [6, 6.07) is 2.12. The van der Waals surface area contributed by atoms with Crippen LogP contribution in [0.5, 0.6) is 0 Å². The van der Waals surface area contributed by atoms with Crippen LogP contribution in [0, 0.1) is 22.7 Å². The van der Waals surface area contributed by atoms with E-state index in [1.807, 2.05) is 13.8 Å². The van der Waals surface area contributed by atoms with Crippen molar-refractivity contribution < 1.29 is 14.7 Å². The molecule has 0 aromatic heterocycles. The van der Waals surface area contributed by atoms with E-state index in [0.29, 0.717) is 19.5 Å². The van der Waals surface area contributed by atoms with Gasteiger partial charge in [0.2, 0.25) is 5.91 Å². The second kappa shape index (κ2) is 7.41. The molecule has 1 rings (SSSR count). The zero-order valence-electron chi connectivity index (χ0n) is 13.1. The molecule has 0 aliphatic carbocycles. The van der Waals surface area contributed by atoms with E-state index < -0.39 is 11.4 Å². The lowest BCUT2D eigenvalue weighted by molar-refractivity contribution is -0.156. The molecule has 1 saturated heterocycles. The molecule has 1 fully saturated rings. The molecule has 0 saturated carbocycles. The van der Waals surface area contributed by atoms with Gasteiger partial charge >= 0.3 is 5.97 Å². The number of piperazine rings is 1. The number of hydrogen-bond acceptors (Lipinski definition) is 4. The molecule has 1 heterocycles. The fraction of sp³-hybridized carbons (Fsp3) is 0.800. The summed E-state index contributed by atoms with van der Waals surface area (Å²) in [4.78, 5) is 27.7. The summed E-state index contributed by atoms with van der Waals surface area (Å²) < 4.78 is 0. The molecule has 1 aliphatic heterocycles. The van der Waals surface area contributed by atoms with Crippen LogP contribution < -0.4 is 0 Å². The van der Waals surface area contributed by atoms with Gasteiger partial charge < -0.3 is 10.0 Å². The predicted octanol–water partition coefficient (Wildman–Crippen LogP) is 1.18. The Morgan fingerprint density at radius 2 is 1.86 bits per heavy atom. The monoisotopic (exact) mass is 295 g/mol. The second-order valence-electron chi connectivity index (χ2n) is 6.18. The second-order valence-corrected chi connectivity index (χ2v) is 6.18. The maximum atomic E-state index is 12.3. The number of carbonyl (C=O) groups is 2. The van der Waals surface area contributed by atoms with Crippen molar-refractivity contribution in [2.75, 3.05) is 32.7 Å². The molecule has 118 valence electrons. The van der Waals surface area contributed by atoms with Gasteiger partial charge in [0.05, 0.1) is 11.5 Å². The lowest BCUT2D eigenvalue weighted by Gasteiger charge is -2.37. The van der Waals surface area contributed by atoms with Crippen LogP contribution in [-0.2, 0) is 9.59 Å². The third kappa shape index (κ3) is 4.43. The van der Waals surface area contributed by atoms with Gasteiger partial charge in [-0.3, -0.25) is 14.5 Å². The number of rotatable bonds is 6. The molecular formula is C15H25N3O3. The predicted molar refractivity (Wildman–Crippen MR) is 78.4 cm³/mol. The quantitative estimate of drug-likeness (QED) is 0.795. The Morgan fingerprint density at radius 3 is 2.29 bits per heavy atom. The van der Waals surface area contributed by atoms with Crippen LogP contribution in [-0.4, -0.2) is 59.5 Å². The van der Waals surface area contributed by atoms with Crippen LogP contribution in [0.25, 0.3) is 0 Å². The van der Waals surface area contributed by atoms with Crippen LogP contribution in [0.15, 0.2) is 0 Å². The minimum atomic E-state index is -1.02. The topological polar surface area (TPSA) is 84.6 Å². The highest BCUT2D eigenvalue weighted by Crippen LogP contribution is 2.32. The summed E-state index contributed by atoms with van der Waals surface area (Å²) in [7, 11) is 0. The summed E-state index contributed by atoms with van der Waals surface area (Å²) in [6.07, 6.45) is 0.538. The molecule has 6 nitrogen and oxygen atoms in total. The molecule has 6 heteroatoms. The van der Waals surface area contributed by atoms with Crippen molar-refractivity contribution in [1.82, 2.24) is 9.80 Å². The van der Waals surface area contributed by atoms with Gasteiger partial charge in [0.25, 0.3) is 0 Å². The molecule has 0 spiro atoms. The highest BCUT2D eigenvalue weighted by molar-refractivity contribution is 5.85. The molecule has 0 bridgehead atoms. The number of carboxylic acids is 1. The van der Waals surface area contributed by atoms with Crippen molar-refractivity contribution in [3.8, 4) is 6.07 Å². The van der Waals surface area contributed by atoms with E-state index in [-0.39, 0.29) is 18.2 Å². The van der Waals surface area contributed by atoms with Crippen LogP contribution in [0.1, 0.15) is 33.6 Å². The van der Waals surface area contributed by atoms with Crippen LogP contribution >= 0.6 is 0 Å². The largest absolute Gasteiger partial charge is 0.481 e. The first kappa shape index (κ1) is 17.4. The Kier molecular flexibility index (Phi) is 6.16. The first-order valence-corrected chi connectivity index (χ1v) is 7.41. The van der Waals surface area contributed by atoms with Crippen LogP contribution in [0.4, 0.5) is 0 Å². The van der Waals surface area contributed by atoms with Gasteiger partial charge in [0.15, 0.2) is 0 Å². The SMILES string of the molecule is CC(C)C(C)(CC(=O)N1CCN(CCC#N)CC1)C(=O)O. The zero-order valence-corrected chi connectivity index (χ0v) is 13.1. The van der Waals surface area contributed by atoms with Gasteiger partial charge in [-0.25, -0.2) is 0 Å². The Bertz CT molecular complexity index is 422. The van der Waals surface area contributed by atoms with Crippen LogP contribution in [0.3, 0.4) is 0 Å². The van der Waals surface area contributed by atoms with Crippen molar-refractivity contribution in [2.24, 2.45) is 11.3 Å². The first-order chi connectivity index (χ1) is 9.81. The number of hydrogen-bond donors (Lipinski definition) is 1. The van der Waals surface area contributed by atoms with Gasteiger partial charge in [0.1, 0.15) is 0 Å². The highest BCUT2D eigenvalue weighted by Gasteiger charge is 2.40. The third-order valence-electron chi connectivity index (χ3n) is 4.55.